The van der Waals surface area contributed by atoms with Crippen LogP contribution >= 0.6 is 11.3 Å². The lowest BCUT2D eigenvalue weighted by atomic mass is 9.99. The van der Waals surface area contributed by atoms with Crippen molar-refractivity contribution < 1.29 is 14.6 Å². The molecule has 1 heterocycles. The minimum atomic E-state index is -0.628. The van der Waals surface area contributed by atoms with Crippen LogP contribution in [0.5, 0.6) is 5.19 Å². The van der Waals surface area contributed by atoms with Crippen LogP contribution in [0.2, 0.25) is 0 Å². The lowest BCUT2D eigenvalue weighted by Gasteiger charge is -2.22. The molecule has 0 aliphatic rings. The molecule has 1 amide bonds. The SMILES string of the molecule is CC(C)CCC(C)CNC(=O)c1cnc(OCC(O)CNC(C)(C)C)s1. The van der Waals surface area contributed by atoms with Crippen molar-refractivity contribution >= 4 is 17.2 Å². The van der Waals surface area contributed by atoms with Crippen LogP contribution in [0.3, 0.4) is 0 Å². The second-order valence-electron chi connectivity index (χ2n) is 8.37. The van der Waals surface area contributed by atoms with E-state index in [1.165, 1.54) is 24.0 Å². The number of hydrogen-bond acceptors (Lipinski definition) is 6. The Morgan fingerprint density at radius 3 is 2.58 bits per heavy atom. The summed E-state index contributed by atoms with van der Waals surface area (Å²) < 4.78 is 5.49. The molecule has 150 valence electrons. The Morgan fingerprint density at radius 1 is 1.27 bits per heavy atom. The number of β-amino-alcohol motifs (C(OH)–C–C–N with tert-alkyl or cyclic N) is 1. The van der Waals surface area contributed by atoms with Gasteiger partial charge in [0.05, 0.1) is 6.20 Å². The third-order valence-electron chi connectivity index (χ3n) is 3.82. The average molecular weight is 386 g/mol. The number of aliphatic hydroxyl groups is 1. The van der Waals surface area contributed by atoms with Gasteiger partial charge in [0.25, 0.3) is 11.1 Å². The molecule has 1 aromatic rings. The molecule has 1 rings (SSSR count). The van der Waals surface area contributed by atoms with E-state index in [-0.39, 0.29) is 18.1 Å². The molecule has 0 aliphatic carbocycles. The first kappa shape index (κ1) is 22.9. The minimum absolute atomic E-state index is 0.0558. The van der Waals surface area contributed by atoms with Gasteiger partial charge in [-0.15, -0.1) is 0 Å². The number of aliphatic hydroxyl groups excluding tert-OH is 1. The molecule has 0 aliphatic heterocycles. The number of nitrogens with one attached hydrogen (secondary N) is 2. The van der Waals surface area contributed by atoms with Crippen LogP contribution < -0.4 is 15.4 Å². The van der Waals surface area contributed by atoms with Gasteiger partial charge in [-0.25, -0.2) is 4.98 Å². The summed E-state index contributed by atoms with van der Waals surface area (Å²) in [6.07, 6.45) is 3.17. The molecule has 2 atom stereocenters. The zero-order valence-corrected chi connectivity index (χ0v) is 17.8. The Hall–Kier alpha value is -1.18. The van der Waals surface area contributed by atoms with E-state index in [4.69, 9.17) is 4.74 Å². The lowest BCUT2D eigenvalue weighted by Crippen LogP contribution is -2.42. The van der Waals surface area contributed by atoms with Crippen LogP contribution in [0.1, 0.15) is 64.1 Å². The maximum Gasteiger partial charge on any atom is 0.273 e. The zero-order chi connectivity index (χ0) is 19.7. The predicted molar refractivity (Wildman–Crippen MR) is 107 cm³/mol. The predicted octanol–water partition coefficient (Wildman–Crippen LogP) is 3.07. The van der Waals surface area contributed by atoms with Crippen molar-refractivity contribution in [3.8, 4) is 5.19 Å². The van der Waals surface area contributed by atoms with Crippen molar-refractivity contribution in [1.82, 2.24) is 15.6 Å². The van der Waals surface area contributed by atoms with Crippen molar-refractivity contribution in [2.45, 2.75) is 66.0 Å². The van der Waals surface area contributed by atoms with Crippen LogP contribution in [0.15, 0.2) is 6.20 Å². The zero-order valence-electron chi connectivity index (χ0n) is 17.0. The first-order valence-electron chi connectivity index (χ1n) is 9.36. The number of carbonyl (C=O) groups excluding carboxylic acids is 1. The van der Waals surface area contributed by atoms with Crippen LogP contribution in [0.4, 0.5) is 0 Å². The summed E-state index contributed by atoms with van der Waals surface area (Å²) in [6, 6.07) is 0. The van der Waals surface area contributed by atoms with Gasteiger partial charge < -0.3 is 20.5 Å². The summed E-state index contributed by atoms with van der Waals surface area (Å²) in [5, 5.41) is 16.5. The smallest absolute Gasteiger partial charge is 0.273 e. The van der Waals surface area contributed by atoms with Crippen molar-refractivity contribution in [3.63, 3.8) is 0 Å². The maximum atomic E-state index is 12.2. The summed E-state index contributed by atoms with van der Waals surface area (Å²) in [7, 11) is 0. The Bertz CT molecular complexity index is 540. The van der Waals surface area contributed by atoms with E-state index in [2.05, 4.69) is 36.4 Å². The Labute approximate surface area is 161 Å². The van der Waals surface area contributed by atoms with Gasteiger partial charge in [0, 0.05) is 18.6 Å². The van der Waals surface area contributed by atoms with E-state index in [0.29, 0.717) is 35.0 Å². The minimum Gasteiger partial charge on any atom is -0.467 e. The number of ether oxygens (including phenoxy) is 1. The van der Waals surface area contributed by atoms with Crippen LogP contribution in [0.25, 0.3) is 0 Å². The van der Waals surface area contributed by atoms with Gasteiger partial charge in [0.1, 0.15) is 17.6 Å². The van der Waals surface area contributed by atoms with E-state index in [1.54, 1.807) is 0 Å². The number of rotatable bonds is 11. The van der Waals surface area contributed by atoms with Crippen LogP contribution in [-0.2, 0) is 0 Å². The fourth-order valence-corrected chi connectivity index (χ4v) is 2.84. The normalized spacial score (nSPS) is 14.3. The number of hydrogen-bond donors (Lipinski definition) is 3. The summed E-state index contributed by atoms with van der Waals surface area (Å²) in [5.41, 5.74) is -0.0558. The molecule has 1 aromatic heterocycles. The highest BCUT2D eigenvalue weighted by Gasteiger charge is 2.15. The van der Waals surface area contributed by atoms with E-state index in [1.807, 2.05) is 20.8 Å². The number of carbonyl (C=O) groups is 1. The van der Waals surface area contributed by atoms with Gasteiger partial charge in [0.2, 0.25) is 0 Å². The van der Waals surface area contributed by atoms with Gasteiger partial charge >= 0.3 is 0 Å². The molecule has 0 saturated heterocycles. The molecule has 0 bridgehead atoms. The summed E-state index contributed by atoms with van der Waals surface area (Å²) in [6.45, 7) is 13.9. The van der Waals surface area contributed by atoms with E-state index >= 15 is 0 Å². The molecular formula is C19H35N3O3S. The van der Waals surface area contributed by atoms with Gasteiger partial charge in [-0.3, -0.25) is 4.79 Å². The molecule has 6 nitrogen and oxygen atoms in total. The van der Waals surface area contributed by atoms with Crippen molar-refractivity contribution in [3.05, 3.63) is 11.1 Å². The molecule has 26 heavy (non-hydrogen) atoms. The van der Waals surface area contributed by atoms with E-state index in [9.17, 15) is 9.90 Å². The van der Waals surface area contributed by atoms with Gasteiger partial charge in [-0.05, 0) is 39.0 Å². The lowest BCUT2D eigenvalue weighted by molar-refractivity contribution is 0.0951. The average Bonchev–Trinajstić information content (AvgIpc) is 3.02. The van der Waals surface area contributed by atoms with E-state index < -0.39 is 6.10 Å². The van der Waals surface area contributed by atoms with Gasteiger partial charge in [-0.1, -0.05) is 38.5 Å². The van der Waals surface area contributed by atoms with Crippen LogP contribution in [-0.4, -0.2) is 47.3 Å². The van der Waals surface area contributed by atoms with Crippen LogP contribution in [0, 0.1) is 11.8 Å². The first-order valence-corrected chi connectivity index (χ1v) is 10.2. The Balaban J connectivity index is 2.34. The molecule has 0 spiro atoms. The standard InChI is InChI=1S/C19H35N3O3S/c1-13(2)7-8-14(3)9-20-17(24)16-11-21-18(26-16)25-12-15(23)10-22-19(4,5)6/h11,13-15,22-23H,7-10,12H2,1-6H3,(H,20,24). The number of amides is 1. The Morgan fingerprint density at radius 2 is 1.96 bits per heavy atom. The first-order chi connectivity index (χ1) is 12.1. The third kappa shape index (κ3) is 10.1. The molecule has 0 radical (unpaired) electrons. The highest BCUT2D eigenvalue weighted by atomic mass is 32.1. The fraction of sp³-hybridized carbons (Fsp3) is 0.789. The van der Waals surface area contributed by atoms with Crippen molar-refractivity contribution in [1.29, 1.82) is 0 Å². The molecule has 0 aromatic carbocycles. The molecule has 0 fully saturated rings. The highest BCUT2D eigenvalue weighted by Crippen LogP contribution is 2.21. The van der Waals surface area contributed by atoms with Gasteiger partial charge in [0.15, 0.2) is 0 Å². The Kier molecular flexibility index (Phi) is 9.54. The summed E-state index contributed by atoms with van der Waals surface area (Å²) in [5.74, 6) is 1.02. The van der Waals surface area contributed by atoms with Crippen molar-refractivity contribution in [2.75, 3.05) is 19.7 Å². The molecule has 7 heteroatoms. The maximum absolute atomic E-state index is 12.2. The third-order valence-corrected chi connectivity index (χ3v) is 4.73. The largest absolute Gasteiger partial charge is 0.467 e. The number of aromatic nitrogens is 1. The summed E-state index contributed by atoms with van der Waals surface area (Å²) in [4.78, 5) is 16.8. The number of nitrogens with zero attached hydrogens (tertiary/aromatic N) is 1. The molecule has 2 unspecified atom stereocenters. The van der Waals surface area contributed by atoms with Gasteiger partial charge in [-0.2, -0.15) is 0 Å². The van der Waals surface area contributed by atoms with E-state index in [0.717, 1.165) is 6.42 Å². The highest BCUT2D eigenvalue weighted by molar-refractivity contribution is 7.15. The second kappa shape index (κ2) is 10.8. The monoisotopic (exact) mass is 385 g/mol. The topological polar surface area (TPSA) is 83.5 Å². The quantitative estimate of drug-likeness (QED) is 0.545. The molecule has 0 saturated carbocycles. The number of thiazole rings is 1. The molecule has 3 N–H and O–H groups in total. The molecular weight excluding hydrogens is 350 g/mol. The fourth-order valence-electron chi connectivity index (χ4n) is 2.15. The summed E-state index contributed by atoms with van der Waals surface area (Å²) >= 11 is 1.20. The van der Waals surface area contributed by atoms with Crippen molar-refractivity contribution in [2.24, 2.45) is 11.8 Å². The second-order valence-corrected chi connectivity index (χ2v) is 9.37.